The number of carbonyl (C=O) groups excluding carboxylic acids is 5. The van der Waals surface area contributed by atoms with Crippen molar-refractivity contribution >= 4 is 114 Å². The van der Waals surface area contributed by atoms with Crippen LogP contribution < -0.4 is 26.6 Å². The van der Waals surface area contributed by atoms with Gasteiger partial charge in [-0.15, -0.1) is 10.2 Å². The minimum absolute atomic E-state index is 0.117. The first-order chi connectivity index (χ1) is 36.6. The third kappa shape index (κ3) is 14.7. The molecule has 8 heterocycles. The van der Waals surface area contributed by atoms with E-state index in [1.54, 1.807) is 71.4 Å². The summed E-state index contributed by atoms with van der Waals surface area (Å²) >= 11 is 18.4. The van der Waals surface area contributed by atoms with Gasteiger partial charge >= 0.3 is 12.2 Å². The van der Waals surface area contributed by atoms with E-state index < -0.39 is 36.0 Å². The van der Waals surface area contributed by atoms with E-state index in [4.69, 9.17) is 32.7 Å². The lowest BCUT2D eigenvalue weighted by Gasteiger charge is -2.18. The molecule has 402 valence electrons. The van der Waals surface area contributed by atoms with Crippen molar-refractivity contribution in [2.24, 2.45) is 14.1 Å². The van der Waals surface area contributed by atoms with E-state index in [9.17, 15) is 37.1 Å². The zero-order valence-corrected chi connectivity index (χ0v) is 46.0. The van der Waals surface area contributed by atoms with Gasteiger partial charge in [-0.05, 0) is 103 Å². The van der Waals surface area contributed by atoms with Crippen molar-refractivity contribution in [2.75, 3.05) is 26.6 Å². The Labute approximate surface area is 463 Å². The molecule has 5 amide bonds. The Morgan fingerprint density at radius 2 is 1.14 bits per heavy atom. The quantitative estimate of drug-likeness (QED) is 0.0930. The maximum absolute atomic E-state index is 14.6. The summed E-state index contributed by atoms with van der Waals surface area (Å²) in [5.41, 5.74) is 5.42. The average Bonchev–Trinajstić information content (AvgIpc) is 3.93. The molecule has 0 saturated heterocycles. The number of benzene rings is 2. The lowest BCUT2D eigenvalue weighted by atomic mass is 9.98. The molecular formula is C49H45Br2Cl2F3N14O7. The molecule has 28 heteroatoms. The molecule has 5 aromatic heterocycles. The highest BCUT2D eigenvalue weighted by atomic mass is 79.9. The zero-order chi connectivity index (χ0) is 55.7. The summed E-state index contributed by atoms with van der Waals surface area (Å²) in [5, 5.41) is 28.7. The molecule has 3 aliphatic heterocycles. The van der Waals surface area contributed by atoms with E-state index in [0.717, 1.165) is 5.56 Å². The minimum Gasteiger partial charge on any atom is -0.441 e. The third-order valence-electron chi connectivity index (χ3n) is 11.5. The van der Waals surface area contributed by atoms with Crippen molar-refractivity contribution in [3.05, 3.63) is 137 Å². The van der Waals surface area contributed by atoms with Gasteiger partial charge < -0.3 is 25.4 Å². The van der Waals surface area contributed by atoms with E-state index in [2.05, 4.69) is 94.0 Å². The van der Waals surface area contributed by atoms with Crippen molar-refractivity contribution in [1.82, 2.24) is 44.9 Å². The fraction of sp³-hybridized carbons (Fsp3) is 0.265. The summed E-state index contributed by atoms with van der Waals surface area (Å²) in [7, 11) is 3.23. The first-order valence-corrected chi connectivity index (χ1v) is 25.5. The highest BCUT2D eigenvalue weighted by Crippen LogP contribution is 2.35. The molecule has 3 aliphatic rings. The molecular weight excluding hydrogens is 1180 g/mol. The van der Waals surface area contributed by atoms with E-state index in [-0.39, 0.29) is 58.0 Å². The highest BCUT2D eigenvalue weighted by molar-refractivity contribution is 9.10. The van der Waals surface area contributed by atoms with Crippen molar-refractivity contribution in [1.29, 1.82) is 0 Å². The molecule has 77 heavy (non-hydrogen) atoms. The molecule has 10 rings (SSSR count). The normalized spacial score (nSPS) is 13.8. The fourth-order valence-corrected chi connectivity index (χ4v) is 9.15. The van der Waals surface area contributed by atoms with Gasteiger partial charge in [0.25, 0.3) is 0 Å². The lowest BCUT2D eigenvalue weighted by Crippen LogP contribution is -2.21. The Morgan fingerprint density at radius 3 is 1.69 bits per heavy atom. The van der Waals surface area contributed by atoms with Gasteiger partial charge in [-0.3, -0.25) is 30.0 Å². The van der Waals surface area contributed by atoms with Crippen molar-refractivity contribution < 1.29 is 46.6 Å². The molecule has 21 nitrogen and oxygen atoms in total. The number of carbonyl (C=O) groups is 5. The molecule has 2 aromatic carbocycles. The van der Waals surface area contributed by atoms with Crippen LogP contribution in [-0.2, 0) is 57.2 Å². The smallest absolute Gasteiger partial charge is 0.413 e. The molecule has 0 spiro atoms. The molecule has 0 unspecified atom stereocenters. The maximum atomic E-state index is 14.6. The van der Waals surface area contributed by atoms with Crippen molar-refractivity contribution in [3.8, 4) is 11.3 Å². The first kappa shape index (κ1) is 57.2. The fourth-order valence-electron chi connectivity index (χ4n) is 7.70. The highest BCUT2D eigenvalue weighted by Gasteiger charge is 2.26. The Bertz CT molecular complexity index is 3310. The molecule has 0 aliphatic carbocycles. The topological polar surface area (TPSA) is 264 Å². The van der Waals surface area contributed by atoms with E-state index in [1.807, 2.05) is 6.07 Å². The van der Waals surface area contributed by atoms with Crippen LogP contribution in [0.15, 0.2) is 76.1 Å². The molecule has 0 radical (unpaired) electrons. The number of hydrogen-bond donors (Lipinski definition) is 5. The van der Waals surface area contributed by atoms with Gasteiger partial charge in [-0.1, -0.05) is 61.7 Å². The molecule has 2 atom stereocenters. The number of nitrogens with zero attached hydrogens (tertiary/aromatic N) is 9. The second-order valence-corrected chi connectivity index (χ2v) is 19.4. The Kier molecular flexibility index (Phi) is 19.0. The predicted octanol–water partition coefficient (Wildman–Crippen LogP) is 10.7. The first-order valence-electron chi connectivity index (χ1n) is 23.1. The maximum Gasteiger partial charge on any atom is 0.413 e. The predicted molar refractivity (Wildman–Crippen MR) is 285 cm³/mol. The Balaban J connectivity index is 0.000000160. The number of hydrogen-bond acceptors (Lipinski definition) is 14. The molecule has 0 fully saturated rings. The molecule has 0 bridgehead atoms. The summed E-state index contributed by atoms with van der Waals surface area (Å²) in [4.78, 5) is 69.8. The van der Waals surface area contributed by atoms with Gasteiger partial charge in [-0.2, -0.15) is 0 Å². The van der Waals surface area contributed by atoms with E-state index in [0.29, 0.717) is 91.5 Å². The number of aromatic nitrogens is 9. The monoisotopic (exact) mass is 1230 g/mol. The SMILES string of the molecule is C[C@@H](OC(=O)Nc1c(-c2cc(F)c3c(c2)CCC(=O)N3)nnn1C)c1cccnc1Cl.C[C@@H](OC(=O)Nc1c(Br)nnn1C)c1cccnc1Cl.Cc1cc(F)c2c(n1)CCC(=O)N2.O=C1CCc2cc(Br)cc(F)c2N1. The molecule has 5 N–H and O–H groups in total. The van der Waals surface area contributed by atoms with Gasteiger partial charge in [0.05, 0.1) is 22.8 Å². The second kappa shape index (κ2) is 25.5. The third-order valence-corrected chi connectivity index (χ3v) is 13.1. The molecule has 7 aromatic rings. The van der Waals surface area contributed by atoms with Gasteiger partial charge in [0.1, 0.15) is 45.7 Å². The summed E-state index contributed by atoms with van der Waals surface area (Å²) in [6, 6.07) is 14.3. The number of fused-ring (bicyclic) bond motifs is 3. The Morgan fingerprint density at radius 1 is 0.662 bits per heavy atom. The summed E-state index contributed by atoms with van der Waals surface area (Å²) in [6.45, 7) is 5.11. The Hall–Kier alpha value is -7.55. The van der Waals surface area contributed by atoms with Crippen molar-refractivity contribution in [3.63, 3.8) is 0 Å². The van der Waals surface area contributed by atoms with Gasteiger partial charge in [0, 0.05) is 79.0 Å². The number of ether oxygens (including phenoxy) is 2. The van der Waals surface area contributed by atoms with Crippen LogP contribution in [0.1, 0.15) is 79.0 Å². The lowest BCUT2D eigenvalue weighted by molar-refractivity contribution is -0.117. The summed E-state index contributed by atoms with van der Waals surface area (Å²) < 4.78 is 55.6. The van der Waals surface area contributed by atoms with Crippen LogP contribution in [0.3, 0.4) is 0 Å². The van der Waals surface area contributed by atoms with Gasteiger partial charge in [0.15, 0.2) is 16.2 Å². The number of rotatable bonds is 7. The second-order valence-electron chi connectivity index (χ2n) is 17.0. The number of amides is 5. The average molecular weight is 1230 g/mol. The number of halogens is 7. The van der Waals surface area contributed by atoms with Crippen LogP contribution in [0, 0.1) is 24.4 Å². The van der Waals surface area contributed by atoms with Crippen molar-refractivity contribution in [2.45, 2.75) is 71.5 Å². The van der Waals surface area contributed by atoms with Crippen LogP contribution in [-0.4, -0.2) is 74.8 Å². The van der Waals surface area contributed by atoms with Crippen LogP contribution in [0.5, 0.6) is 0 Å². The number of nitrogens with one attached hydrogen (secondary N) is 5. The van der Waals surface area contributed by atoms with E-state index in [1.165, 1.54) is 33.8 Å². The number of anilines is 5. The van der Waals surface area contributed by atoms with E-state index >= 15 is 0 Å². The summed E-state index contributed by atoms with van der Waals surface area (Å²) in [5.74, 6) is -1.21. The standard InChI is InChI=1S/C20H18ClFN6O3.C11H11BrClN5O2.C9H7BrFNO.C9H9FN2O/c1-10(13-4-3-7-23-18(13)21)31-20(30)25-19-17(26-27-28(19)2)12-8-11-5-6-15(29)24-16(11)14(22)9-12;1-6(7-4-3-5-14-9(7)13)20-11(19)15-10-8(12)16-17-18(10)2;10-6-3-5-1-2-8(13)12-9(5)7(11)4-6;1-5-4-6(10)9-7(11-5)2-3-8(13)12-9/h3-4,7-10H,5-6H2,1-2H3,(H,24,29)(H,25,30);3-6H,1-2H3,(H,15,19);3-4H,1-2H2,(H,12,13);4H,2-3H2,1H3,(H,12,13)/t10-;6-;;/m11../s1. The van der Waals surface area contributed by atoms with Crippen LogP contribution in [0.4, 0.5) is 51.5 Å². The molecule has 0 saturated carbocycles. The van der Waals surface area contributed by atoms with Crippen LogP contribution in [0.25, 0.3) is 11.3 Å². The zero-order valence-electron chi connectivity index (χ0n) is 41.3. The van der Waals surface area contributed by atoms with Gasteiger partial charge in [-0.25, -0.2) is 42.1 Å². The minimum atomic E-state index is -0.759. The van der Waals surface area contributed by atoms with Crippen LogP contribution >= 0.6 is 55.1 Å². The summed E-state index contributed by atoms with van der Waals surface area (Å²) in [6.07, 6.45) is 3.15. The number of pyridine rings is 3. The largest absolute Gasteiger partial charge is 0.441 e. The van der Waals surface area contributed by atoms with Gasteiger partial charge in [0.2, 0.25) is 17.7 Å². The van der Waals surface area contributed by atoms with Crippen LogP contribution in [0.2, 0.25) is 10.3 Å². The number of aryl methyl sites for hydroxylation is 6.